The number of hydrogen-bond acceptors (Lipinski definition) is 5. The minimum atomic E-state index is 0.661. The van der Waals surface area contributed by atoms with Crippen molar-refractivity contribution in [3.05, 3.63) is 34.5 Å². The van der Waals surface area contributed by atoms with E-state index >= 15 is 0 Å². The molecule has 0 aliphatic rings. The second-order valence-electron chi connectivity index (χ2n) is 5.11. The van der Waals surface area contributed by atoms with Crippen LogP contribution in [0.5, 0.6) is 0 Å². The van der Waals surface area contributed by atoms with Crippen LogP contribution in [0.15, 0.2) is 6.07 Å². The van der Waals surface area contributed by atoms with Crippen LogP contribution in [0.2, 0.25) is 0 Å². The molecule has 1 N–H and O–H groups in total. The SMILES string of the molecule is Cc1nc(C)n(CCCNc2cc(C)c(C#N)c(C)n2)n1. The van der Waals surface area contributed by atoms with E-state index in [9.17, 15) is 0 Å². The Hall–Kier alpha value is -2.42. The molecule has 0 atom stereocenters. The van der Waals surface area contributed by atoms with E-state index in [-0.39, 0.29) is 0 Å². The maximum atomic E-state index is 9.03. The van der Waals surface area contributed by atoms with Crippen LogP contribution in [0, 0.1) is 39.0 Å². The van der Waals surface area contributed by atoms with Gasteiger partial charge in [-0.05, 0) is 45.7 Å². The summed E-state index contributed by atoms with van der Waals surface area (Å²) < 4.78 is 1.92. The molecule has 2 aromatic rings. The van der Waals surface area contributed by atoms with Crippen molar-refractivity contribution in [2.45, 2.75) is 40.7 Å². The highest BCUT2D eigenvalue weighted by atomic mass is 15.3. The minimum Gasteiger partial charge on any atom is -0.370 e. The van der Waals surface area contributed by atoms with E-state index in [0.717, 1.165) is 48.2 Å². The standard InChI is InChI=1S/C15H20N6/c1-10-8-15(18-11(2)14(10)9-16)17-6-5-7-21-13(4)19-12(3)20-21/h8H,5-7H2,1-4H3,(H,17,18). The first-order chi connectivity index (χ1) is 10.0. The molecule has 21 heavy (non-hydrogen) atoms. The predicted octanol–water partition coefficient (Wildman–Crippen LogP) is 2.28. The topological polar surface area (TPSA) is 79.4 Å². The van der Waals surface area contributed by atoms with Gasteiger partial charge in [0.25, 0.3) is 0 Å². The molecular formula is C15H20N6. The molecule has 2 aromatic heterocycles. The molecule has 0 saturated heterocycles. The van der Waals surface area contributed by atoms with Gasteiger partial charge in [0.05, 0.1) is 11.3 Å². The van der Waals surface area contributed by atoms with Crippen LogP contribution in [0.4, 0.5) is 5.82 Å². The first-order valence-corrected chi connectivity index (χ1v) is 7.01. The van der Waals surface area contributed by atoms with Crippen molar-refractivity contribution >= 4 is 5.82 Å². The summed E-state index contributed by atoms with van der Waals surface area (Å²) in [4.78, 5) is 8.68. The maximum Gasteiger partial charge on any atom is 0.147 e. The number of nitrogens with zero attached hydrogens (tertiary/aromatic N) is 5. The molecular weight excluding hydrogens is 264 g/mol. The summed E-state index contributed by atoms with van der Waals surface area (Å²) in [6, 6.07) is 4.09. The van der Waals surface area contributed by atoms with Crippen molar-refractivity contribution in [2.24, 2.45) is 0 Å². The van der Waals surface area contributed by atoms with E-state index in [1.165, 1.54) is 0 Å². The molecule has 0 amide bonds. The zero-order chi connectivity index (χ0) is 15.4. The summed E-state index contributed by atoms with van der Waals surface area (Å²) >= 11 is 0. The van der Waals surface area contributed by atoms with Crippen molar-refractivity contribution in [2.75, 3.05) is 11.9 Å². The molecule has 0 aliphatic carbocycles. The number of nitriles is 1. The van der Waals surface area contributed by atoms with Gasteiger partial charge in [-0.15, -0.1) is 0 Å². The molecule has 2 rings (SSSR count). The van der Waals surface area contributed by atoms with Crippen LogP contribution in [0.25, 0.3) is 0 Å². The van der Waals surface area contributed by atoms with Gasteiger partial charge in [0.15, 0.2) is 0 Å². The predicted molar refractivity (Wildman–Crippen MR) is 81.0 cm³/mol. The second-order valence-corrected chi connectivity index (χ2v) is 5.11. The van der Waals surface area contributed by atoms with Gasteiger partial charge in [-0.2, -0.15) is 10.4 Å². The highest BCUT2D eigenvalue weighted by Gasteiger charge is 2.06. The van der Waals surface area contributed by atoms with E-state index in [1.54, 1.807) is 0 Å². The second kappa shape index (κ2) is 6.35. The molecule has 0 aromatic carbocycles. The molecule has 6 nitrogen and oxygen atoms in total. The van der Waals surface area contributed by atoms with Gasteiger partial charge in [-0.1, -0.05) is 0 Å². The number of nitrogens with one attached hydrogen (secondary N) is 1. The van der Waals surface area contributed by atoms with Crippen LogP contribution >= 0.6 is 0 Å². The Kier molecular flexibility index (Phi) is 4.53. The van der Waals surface area contributed by atoms with Crippen LogP contribution in [-0.2, 0) is 6.54 Å². The molecule has 110 valence electrons. The normalized spacial score (nSPS) is 10.4. The highest BCUT2D eigenvalue weighted by Crippen LogP contribution is 2.15. The number of anilines is 1. The largest absolute Gasteiger partial charge is 0.370 e. The van der Waals surface area contributed by atoms with Gasteiger partial charge in [0.1, 0.15) is 23.5 Å². The Morgan fingerprint density at radius 1 is 1.24 bits per heavy atom. The molecule has 0 radical (unpaired) electrons. The van der Waals surface area contributed by atoms with Crippen LogP contribution in [0.3, 0.4) is 0 Å². The molecule has 0 unspecified atom stereocenters. The zero-order valence-corrected chi connectivity index (χ0v) is 12.9. The Bertz CT molecular complexity index is 657. The van der Waals surface area contributed by atoms with E-state index in [4.69, 9.17) is 5.26 Å². The van der Waals surface area contributed by atoms with Crippen LogP contribution < -0.4 is 5.32 Å². The van der Waals surface area contributed by atoms with Gasteiger partial charge < -0.3 is 5.32 Å². The highest BCUT2D eigenvalue weighted by molar-refractivity contribution is 5.48. The summed E-state index contributed by atoms with van der Waals surface area (Å²) in [7, 11) is 0. The minimum absolute atomic E-state index is 0.661. The Labute approximate surface area is 124 Å². The molecule has 0 saturated carbocycles. The molecule has 0 fully saturated rings. The van der Waals surface area contributed by atoms with Crippen molar-refractivity contribution in [3.8, 4) is 6.07 Å². The molecule has 0 bridgehead atoms. The summed E-state index contributed by atoms with van der Waals surface area (Å²) in [5, 5.41) is 16.7. The third-order valence-electron chi connectivity index (χ3n) is 3.32. The fourth-order valence-corrected chi connectivity index (χ4v) is 2.31. The van der Waals surface area contributed by atoms with Gasteiger partial charge in [-0.3, -0.25) is 4.68 Å². The van der Waals surface area contributed by atoms with Gasteiger partial charge >= 0.3 is 0 Å². The zero-order valence-electron chi connectivity index (χ0n) is 12.9. The Morgan fingerprint density at radius 3 is 2.57 bits per heavy atom. The lowest BCUT2D eigenvalue weighted by atomic mass is 10.1. The van der Waals surface area contributed by atoms with Crippen molar-refractivity contribution < 1.29 is 0 Å². The molecule has 2 heterocycles. The fourth-order valence-electron chi connectivity index (χ4n) is 2.31. The lowest BCUT2D eigenvalue weighted by Crippen LogP contribution is -2.10. The summed E-state index contributed by atoms with van der Waals surface area (Å²) in [6.45, 7) is 9.28. The monoisotopic (exact) mass is 284 g/mol. The van der Waals surface area contributed by atoms with Gasteiger partial charge in [0, 0.05) is 13.1 Å². The van der Waals surface area contributed by atoms with Crippen molar-refractivity contribution in [1.29, 1.82) is 5.26 Å². The first kappa shape index (κ1) is 15.0. The average molecular weight is 284 g/mol. The van der Waals surface area contributed by atoms with Crippen molar-refractivity contribution in [1.82, 2.24) is 19.7 Å². The van der Waals surface area contributed by atoms with Gasteiger partial charge in [-0.25, -0.2) is 9.97 Å². The fraction of sp³-hybridized carbons (Fsp3) is 0.467. The summed E-state index contributed by atoms with van der Waals surface area (Å²) in [5.74, 6) is 2.56. The Morgan fingerprint density at radius 2 is 2.00 bits per heavy atom. The number of pyridine rings is 1. The number of hydrogen-bond donors (Lipinski definition) is 1. The first-order valence-electron chi connectivity index (χ1n) is 7.01. The van der Waals surface area contributed by atoms with Gasteiger partial charge in [0.2, 0.25) is 0 Å². The quantitative estimate of drug-likeness (QED) is 0.852. The van der Waals surface area contributed by atoms with E-state index in [1.807, 2.05) is 38.4 Å². The summed E-state index contributed by atoms with van der Waals surface area (Å²) in [6.07, 6.45) is 0.934. The van der Waals surface area contributed by atoms with Crippen molar-refractivity contribution in [3.63, 3.8) is 0 Å². The molecule has 0 spiro atoms. The van der Waals surface area contributed by atoms with E-state index in [0.29, 0.717) is 5.56 Å². The Balaban J connectivity index is 1.90. The number of rotatable bonds is 5. The van der Waals surface area contributed by atoms with Crippen LogP contribution in [-0.4, -0.2) is 26.3 Å². The maximum absolute atomic E-state index is 9.03. The summed E-state index contributed by atoms with van der Waals surface area (Å²) in [5.41, 5.74) is 2.38. The lowest BCUT2D eigenvalue weighted by Gasteiger charge is -2.09. The number of aryl methyl sites for hydroxylation is 5. The van der Waals surface area contributed by atoms with E-state index in [2.05, 4.69) is 26.5 Å². The average Bonchev–Trinajstić information content (AvgIpc) is 2.73. The smallest absolute Gasteiger partial charge is 0.147 e. The third-order valence-corrected chi connectivity index (χ3v) is 3.32. The molecule has 0 aliphatic heterocycles. The van der Waals surface area contributed by atoms with E-state index < -0.39 is 0 Å². The number of aromatic nitrogens is 4. The third kappa shape index (κ3) is 3.57. The molecule has 6 heteroatoms. The van der Waals surface area contributed by atoms with Crippen LogP contribution in [0.1, 0.15) is 34.9 Å². The lowest BCUT2D eigenvalue weighted by molar-refractivity contribution is 0.571.